The first-order valence-electron chi connectivity index (χ1n) is 8.70. The largest absolute Gasteiger partial charge is 0.345 e. The van der Waals surface area contributed by atoms with Crippen molar-refractivity contribution in [1.82, 2.24) is 20.6 Å². The third-order valence-electron chi connectivity index (χ3n) is 4.39. The van der Waals surface area contributed by atoms with Crippen LogP contribution in [-0.2, 0) is 5.41 Å². The van der Waals surface area contributed by atoms with E-state index in [9.17, 15) is 0 Å². The Balaban J connectivity index is 1.97. The summed E-state index contributed by atoms with van der Waals surface area (Å²) >= 11 is 7.54. The zero-order valence-electron chi connectivity index (χ0n) is 15.6. The van der Waals surface area contributed by atoms with E-state index in [4.69, 9.17) is 17.2 Å². The smallest absolute Gasteiger partial charge is 0.191 e. The molecule has 0 radical (unpaired) electrons. The van der Waals surface area contributed by atoms with Crippen LogP contribution in [0.4, 0.5) is 5.69 Å². The fraction of sp³-hybridized carbons (Fsp3) is 0.556. The number of hydrogen-bond acceptors (Lipinski definition) is 5. The number of hydrazine groups is 1. The molecule has 1 aliphatic heterocycles. The lowest BCUT2D eigenvalue weighted by molar-refractivity contribution is 0.355. The summed E-state index contributed by atoms with van der Waals surface area (Å²) in [6.45, 7) is 12.6. The Morgan fingerprint density at radius 1 is 1.32 bits per heavy atom. The highest BCUT2D eigenvalue weighted by molar-refractivity contribution is 7.80. The number of thiocarbonyl (C=S) groups is 1. The number of thiazole rings is 1. The molecule has 1 fully saturated rings. The number of aromatic nitrogens is 1. The van der Waals surface area contributed by atoms with Gasteiger partial charge in [-0.25, -0.2) is 10.4 Å². The summed E-state index contributed by atoms with van der Waals surface area (Å²) in [4.78, 5) is 7.08. The standard InChI is InChI=1S/C18H27N5S2/c1-12-10-13-15(25-16(21-13)18(2,3)4)11-14(12)23(19-5)17(24)22-8-6-20-7-9-22/h10-11,19-20H,6-9H2,1-5H3. The lowest BCUT2D eigenvalue weighted by Gasteiger charge is -2.36. The number of nitrogens with one attached hydrogen (secondary N) is 2. The number of anilines is 1. The Kier molecular flexibility index (Phi) is 5.29. The van der Waals surface area contributed by atoms with Crippen molar-refractivity contribution in [3.8, 4) is 0 Å². The molecule has 0 spiro atoms. The number of rotatable bonds is 2. The van der Waals surface area contributed by atoms with Crippen LogP contribution in [0.5, 0.6) is 0 Å². The second-order valence-electron chi connectivity index (χ2n) is 7.45. The summed E-state index contributed by atoms with van der Waals surface area (Å²) < 4.78 is 1.20. The van der Waals surface area contributed by atoms with Crippen molar-refractivity contribution in [3.05, 3.63) is 22.7 Å². The van der Waals surface area contributed by atoms with Gasteiger partial charge in [0.15, 0.2) is 5.11 Å². The van der Waals surface area contributed by atoms with Crippen LogP contribution in [0.1, 0.15) is 31.3 Å². The van der Waals surface area contributed by atoms with Crippen LogP contribution < -0.4 is 15.8 Å². The van der Waals surface area contributed by atoms with Crippen LogP contribution in [0.15, 0.2) is 12.1 Å². The monoisotopic (exact) mass is 377 g/mol. The quantitative estimate of drug-likeness (QED) is 0.619. The predicted molar refractivity (Wildman–Crippen MR) is 112 cm³/mol. The fourth-order valence-corrected chi connectivity index (χ4v) is 4.36. The number of fused-ring (bicyclic) bond motifs is 1. The molecule has 0 amide bonds. The van der Waals surface area contributed by atoms with Gasteiger partial charge in [0.1, 0.15) is 0 Å². The summed E-state index contributed by atoms with van der Waals surface area (Å²) in [6, 6.07) is 4.38. The van der Waals surface area contributed by atoms with E-state index in [0.717, 1.165) is 42.5 Å². The maximum atomic E-state index is 5.77. The summed E-state index contributed by atoms with van der Waals surface area (Å²) in [5, 5.41) is 7.38. The molecule has 0 unspecified atom stereocenters. The number of benzene rings is 1. The van der Waals surface area contributed by atoms with E-state index >= 15 is 0 Å². The Bertz CT molecular complexity index is 772. The molecule has 25 heavy (non-hydrogen) atoms. The molecule has 2 heterocycles. The molecule has 3 rings (SSSR count). The highest BCUT2D eigenvalue weighted by atomic mass is 32.1. The van der Waals surface area contributed by atoms with Gasteiger partial charge in [0.2, 0.25) is 0 Å². The summed E-state index contributed by atoms with van der Waals surface area (Å²) in [6.07, 6.45) is 0. The zero-order chi connectivity index (χ0) is 18.2. The minimum Gasteiger partial charge on any atom is -0.345 e. The van der Waals surface area contributed by atoms with E-state index < -0.39 is 0 Å². The van der Waals surface area contributed by atoms with Crippen LogP contribution in [-0.4, -0.2) is 48.2 Å². The molecule has 0 atom stereocenters. The number of piperazine rings is 1. The second kappa shape index (κ2) is 7.15. The van der Waals surface area contributed by atoms with Gasteiger partial charge in [-0.05, 0) is 36.8 Å². The van der Waals surface area contributed by atoms with E-state index in [-0.39, 0.29) is 5.41 Å². The normalized spacial score (nSPS) is 15.6. The van der Waals surface area contributed by atoms with E-state index in [0.29, 0.717) is 0 Å². The molecule has 2 N–H and O–H groups in total. The highest BCUT2D eigenvalue weighted by Crippen LogP contribution is 2.34. The third kappa shape index (κ3) is 3.79. The Morgan fingerprint density at radius 2 is 2.00 bits per heavy atom. The summed E-state index contributed by atoms with van der Waals surface area (Å²) in [5.41, 5.74) is 6.68. The number of nitrogens with zero attached hydrogens (tertiary/aromatic N) is 3. The first-order chi connectivity index (χ1) is 11.8. The number of hydrogen-bond donors (Lipinski definition) is 2. The van der Waals surface area contributed by atoms with Crippen LogP contribution in [0, 0.1) is 6.92 Å². The van der Waals surface area contributed by atoms with Gasteiger partial charge < -0.3 is 10.2 Å². The van der Waals surface area contributed by atoms with Gasteiger partial charge in [-0.2, -0.15) is 0 Å². The molecule has 1 aromatic heterocycles. The Morgan fingerprint density at radius 3 is 2.60 bits per heavy atom. The molecule has 1 saturated heterocycles. The second-order valence-corrected chi connectivity index (χ2v) is 8.85. The molecule has 1 aliphatic rings. The van der Waals surface area contributed by atoms with Crippen molar-refractivity contribution < 1.29 is 0 Å². The summed E-state index contributed by atoms with van der Waals surface area (Å²) in [5.74, 6) is 0. The molecule has 0 bridgehead atoms. The van der Waals surface area contributed by atoms with Crippen molar-refractivity contribution in [2.24, 2.45) is 0 Å². The summed E-state index contributed by atoms with van der Waals surface area (Å²) in [7, 11) is 1.92. The van der Waals surface area contributed by atoms with E-state index in [1.807, 2.05) is 12.1 Å². The molecule has 7 heteroatoms. The minimum atomic E-state index is 0.0660. The average molecular weight is 378 g/mol. The predicted octanol–water partition coefficient (Wildman–Crippen LogP) is 3.03. The molecular formula is C18H27N5S2. The molecule has 136 valence electrons. The van der Waals surface area contributed by atoms with E-state index in [1.165, 1.54) is 15.3 Å². The van der Waals surface area contributed by atoms with E-state index in [2.05, 4.69) is 55.5 Å². The maximum Gasteiger partial charge on any atom is 0.191 e. The van der Waals surface area contributed by atoms with Gasteiger partial charge in [0, 0.05) is 38.6 Å². The van der Waals surface area contributed by atoms with Crippen LogP contribution in [0.3, 0.4) is 0 Å². The maximum absolute atomic E-state index is 5.77. The number of aryl methyl sites for hydroxylation is 1. The minimum absolute atomic E-state index is 0.0660. The topological polar surface area (TPSA) is 43.4 Å². The van der Waals surface area contributed by atoms with Gasteiger partial charge in [-0.1, -0.05) is 20.8 Å². The van der Waals surface area contributed by atoms with Crippen molar-refractivity contribution in [2.45, 2.75) is 33.1 Å². The van der Waals surface area contributed by atoms with Crippen molar-refractivity contribution in [3.63, 3.8) is 0 Å². The Labute approximate surface area is 159 Å². The van der Waals surface area contributed by atoms with Gasteiger partial charge in [-0.15, -0.1) is 11.3 Å². The Hall–Kier alpha value is -1.28. The third-order valence-corrected chi connectivity index (χ3v) is 6.28. The first-order valence-corrected chi connectivity index (χ1v) is 9.92. The highest BCUT2D eigenvalue weighted by Gasteiger charge is 2.23. The van der Waals surface area contributed by atoms with Crippen LogP contribution >= 0.6 is 23.6 Å². The van der Waals surface area contributed by atoms with Crippen LogP contribution in [0.2, 0.25) is 0 Å². The molecule has 5 nitrogen and oxygen atoms in total. The fourth-order valence-electron chi connectivity index (χ4n) is 2.95. The zero-order valence-corrected chi connectivity index (χ0v) is 17.3. The van der Waals surface area contributed by atoms with Gasteiger partial charge in [0.25, 0.3) is 0 Å². The van der Waals surface area contributed by atoms with Gasteiger partial charge in [0.05, 0.1) is 20.9 Å². The van der Waals surface area contributed by atoms with Crippen molar-refractivity contribution in [2.75, 3.05) is 38.2 Å². The average Bonchev–Trinajstić information content (AvgIpc) is 2.99. The molecular weight excluding hydrogens is 350 g/mol. The molecule has 0 saturated carbocycles. The van der Waals surface area contributed by atoms with E-state index in [1.54, 1.807) is 11.3 Å². The molecule has 1 aromatic carbocycles. The van der Waals surface area contributed by atoms with Crippen molar-refractivity contribution in [1.29, 1.82) is 0 Å². The van der Waals surface area contributed by atoms with Crippen molar-refractivity contribution >= 4 is 44.6 Å². The molecule has 0 aliphatic carbocycles. The first kappa shape index (κ1) is 18.5. The van der Waals surface area contributed by atoms with Gasteiger partial charge >= 0.3 is 0 Å². The van der Waals surface area contributed by atoms with Crippen LogP contribution in [0.25, 0.3) is 10.2 Å². The van der Waals surface area contributed by atoms with Gasteiger partial charge in [-0.3, -0.25) is 5.01 Å². The molecule has 2 aromatic rings. The lowest BCUT2D eigenvalue weighted by atomic mass is 9.98. The SMILES string of the molecule is CNN(C(=S)N1CCNCC1)c1cc2sc(C(C)(C)C)nc2cc1C. The lowest BCUT2D eigenvalue weighted by Crippen LogP contribution is -2.54.